The van der Waals surface area contributed by atoms with E-state index in [1.54, 1.807) is 12.1 Å². The Hall–Kier alpha value is 0.517. The molecule has 0 amide bonds. The topological polar surface area (TPSA) is 17.3 Å². The molecule has 0 aliphatic heterocycles. The summed E-state index contributed by atoms with van der Waals surface area (Å²) in [6.07, 6.45) is 0. The number of nitrogens with zero attached hydrogens (tertiary/aromatic N) is 2. The van der Waals surface area contributed by atoms with Crippen LogP contribution in [0.2, 0.25) is 0 Å². The Bertz CT molecular complexity index is 22.8. The van der Waals surface area contributed by atoms with E-state index in [0.717, 1.165) is 0 Å². The average molecular weight is 80.1 g/mol. The van der Waals surface area contributed by atoms with Crippen molar-refractivity contribution in [1.29, 1.82) is 0 Å². The van der Waals surface area contributed by atoms with Crippen LogP contribution in [0.1, 0.15) is 0 Å². The number of rotatable bonds is 1. The van der Waals surface area contributed by atoms with Crippen LogP contribution < -0.4 is 18.9 Å². The van der Waals surface area contributed by atoms with Gasteiger partial charge in [-0.2, -0.15) is 7.05 Å². The molecule has 2 nitrogen and oxygen atoms in total. The van der Waals surface area contributed by atoms with Gasteiger partial charge in [-0.15, -0.1) is 0 Å². The molecular weight excluding hydrogens is 71.0 g/mol. The SMILES string of the molecule is C[N-]N(C)C.[Li+]. The molecule has 0 fully saturated rings. The molecule has 0 saturated heterocycles. The van der Waals surface area contributed by atoms with E-state index in [2.05, 4.69) is 5.43 Å². The molecule has 32 valence electrons. The first-order chi connectivity index (χ1) is 2.27. The molecule has 0 bridgehead atoms. The molecular formula is C3H9LiN2. The number of hydrogen-bond acceptors (Lipinski definition) is 1. The normalized spacial score (nSPS) is 8.00. The summed E-state index contributed by atoms with van der Waals surface area (Å²) in [7, 11) is 5.53. The summed E-state index contributed by atoms with van der Waals surface area (Å²) in [6.45, 7) is 0. The van der Waals surface area contributed by atoms with Crippen LogP contribution in [0.5, 0.6) is 0 Å². The van der Waals surface area contributed by atoms with E-state index >= 15 is 0 Å². The predicted molar refractivity (Wildman–Crippen MR) is 23.0 cm³/mol. The van der Waals surface area contributed by atoms with Gasteiger partial charge in [0.05, 0.1) is 0 Å². The molecule has 0 radical (unpaired) electrons. The molecule has 0 aliphatic carbocycles. The molecule has 0 rings (SSSR count). The zero-order valence-electron chi connectivity index (χ0n) is 4.89. The minimum absolute atomic E-state index is 0. The fourth-order valence-corrected chi connectivity index (χ4v) is 0. The molecule has 0 unspecified atom stereocenters. The van der Waals surface area contributed by atoms with Crippen LogP contribution >= 0.6 is 0 Å². The van der Waals surface area contributed by atoms with Crippen LogP contribution in [-0.4, -0.2) is 26.2 Å². The van der Waals surface area contributed by atoms with Gasteiger partial charge in [0.2, 0.25) is 0 Å². The Morgan fingerprint density at radius 2 is 1.50 bits per heavy atom. The second-order valence-corrected chi connectivity index (χ2v) is 1.05. The van der Waals surface area contributed by atoms with Gasteiger partial charge in [-0.1, -0.05) is 0 Å². The van der Waals surface area contributed by atoms with E-state index < -0.39 is 0 Å². The summed E-state index contributed by atoms with van der Waals surface area (Å²) < 4.78 is 0. The second-order valence-electron chi connectivity index (χ2n) is 1.05. The molecule has 0 aromatic carbocycles. The van der Waals surface area contributed by atoms with E-state index in [-0.39, 0.29) is 18.9 Å². The standard InChI is InChI=1S/C3H9N2.Li/c1-4-5(2)3;/h1-3H3;/q-1;+1. The maximum Gasteiger partial charge on any atom is 1.00 e. The van der Waals surface area contributed by atoms with E-state index in [1.807, 2.05) is 14.1 Å². The van der Waals surface area contributed by atoms with Crippen molar-refractivity contribution in [2.45, 2.75) is 0 Å². The summed E-state index contributed by atoms with van der Waals surface area (Å²) in [5, 5.41) is 1.75. The van der Waals surface area contributed by atoms with Crippen LogP contribution in [0.3, 0.4) is 0 Å². The molecule has 0 aromatic rings. The first kappa shape index (κ1) is 9.72. The summed E-state index contributed by atoms with van der Waals surface area (Å²) in [6, 6.07) is 0. The molecule has 0 heterocycles. The summed E-state index contributed by atoms with van der Waals surface area (Å²) in [4.78, 5) is 0. The quantitative estimate of drug-likeness (QED) is 0.251. The van der Waals surface area contributed by atoms with Crippen molar-refractivity contribution in [3.8, 4) is 0 Å². The first-order valence-corrected chi connectivity index (χ1v) is 1.54. The van der Waals surface area contributed by atoms with Crippen molar-refractivity contribution in [3.63, 3.8) is 0 Å². The van der Waals surface area contributed by atoms with Crippen molar-refractivity contribution in [2.75, 3.05) is 21.1 Å². The maximum atomic E-state index is 3.72. The van der Waals surface area contributed by atoms with Crippen LogP contribution in [0.15, 0.2) is 0 Å². The van der Waals surface area contributed by atoms with Crippen LogP contribution in [0, 0.1) is 0 Å². The van der Waals surface area contributed by atoms with Gasteiger partial charge in [0.25, 0.3) is 0 Å². The molecule has 3 heteroatoms. The zero-order chi connectivity index (χ0) is 4.28. The third kappa shape index (κ3) is 8.82. The van der Waals surface area contributed by atoms with Crippen molar-refractivity contribution in [1.82, 2.24) is 5.01 Å². The average Bonchev–Trinajstić information content (AvgIpc) is 1.38. The Morgan fingerprint density at radius 1 is 1.33 bits per heavy atom. The zero-order valence-corrected chi connectivity index (χ0v) is 4.89. The molecule has 0 spiro atoms. The monoisotopic (exact) mass is 80.1 g/mol. The van der Waals surface area contributed by atoms with Gasteiger partial charge in [-0.3, -0.25) is 0 Å². The summed E-state index contributed by atoms with van der Waals surface area (Å²) in [5.41, 5.74) is 3.72. The van der Waals surface area contributed by atoms with Crippen molar-refractivity contribution >= 4 is 0 Å². The Balaban J connectivity index is 0. The third-order valence-corrected chi connectivity index (χ3v) is 0.400. The van der Waals surface area contributed by atoms with Crippen LogP contribution in [0.25, 0.3) is 5.43 Å². The smallest absolute Gasteiger partial charge is 0.598 e. The fraction of sp³-hybridized carbons (Fsp3) is 1.00. The predicted octanol–water partition coefficient (Wildman–Crippen LogP) is -2.53. The van der Waals surface area contributed by atoms with Crippen molar-refractivity contribution in [3.05, 3.63) is 5.43 Å². The van der Waals surface area contributed by atoms with Gasteiger partial charge in [-0.25, -0.2) is 0 Å². The van der Waals surface area contributed by atoms with Crippen molar-refractivity contribution in [2.24, 2.45) is 0 Å². The largest absolute Gasteiger partial charge is 1.00 e. The number of hydrogen-bond donors (Lipinski definition) is 0. The molecule has 0 aromatic heterocycles. The van der Waals surface area contributed by atoms with Gasteiger partial charge in [0, 0.05) is 0 Å². The van der Waals surface area contributed by atoms with E-state index in [1.165, 1.54) is 0 Å². The van der Waals surface area contributed by atoms with E-state index in [9.17, 15) is 0 Å². The third-order valence-electron chi connectivity index (χ3n) is 0.400. The first-order valence-electron chi connectivity index (χ1n) is 1.54. The van der Waals surface area contributed by atoms with Gasteiger partial charge in [0.15, 0.2) is 0 Å². The molecule has 0 aliphatic rings. The minimum atomic E-state index is 0. The van der Waals surface area contributed by atoms with E-state index in [0.29, 0.717) is 0 Å². The van der Waals surface area contributed by atoms with E-state index in [4.69, 9.17) is 0 Å². The van der Waals surface area contributed by atoms with Gasteiger partial charge >= 0.3 is 18.9 Å². The molecule has 0 saturated carbocycles. The Kier molecular flexibility index (Phi) is 8.94. The van der Waals surface area contributed by atoms with Crippen LogP contribution in [-0.2, 0) is 0 Å². The van der Waals surface area contributed by atoms with Gasteiger partial charge < -0.3 is 10.4 Å². The second kappa shape index (κ2) is 5.52. The Morgan fingerprint density at radius 3 is 1.50 bits per heavy atom. The molecule has 6 heavy (non-hydrogen) atoms. The Labute approximate surface area is 51.0 Å². The minimum Gasteiger partial charge on any atom is -0.598 e. The van der Waals surface area contributed by atoms with Crippen molar-refractivity contribution < 1.29 is 18.9 Å². The maximum absolute atomic E-state index is 3.72. The van der Waals surface area contributed by atoms with Gasteiger partial charge in [-0.05, 0) is 14.1 Å². The summed E-state index contributed by atoms with van der Waals surface area (Å²) in [5.74, 6) is 0. The van der Waals surface area contributed by atoms with Crippen LogP contribution in [0.4, 0.5) is 0 Å². The molecule has 0 N–H and O–H groups in total. The summed E-state index contributed by atoms with van der Waals surface area (Å²) >= 11 is 0. The van der Waals surface area contributed by atoms with Gasteiger partial charge in [0.1, 0.15) is 0 Å². The molecule has 0 atom stereocenters. The fourth-order valence-electron chi connectivity index (χ4n) is 0.